The summed E-state index contributed by atoms with van der Waals surface area (Å²) in [4.78, 5) is 25.6. The highest BCUT2D eigenvalue weighted by Crippen LogP contribution is 2.31. The molecular formula is C17H19N3O3. The molecule has 2 heterocycles. The van der Waals surface area contributed by atoms with Gasteiger partial charge in [-0.25, -0.2) is 4.68 Å². The summed E-state index contributed by atoms with van der Waals surface area (Å²) in [7, 11) is 0. The lowest BCUT2D eigenvalue weighted by Gasteiger charge is -2.19. The first-order chi connectivity index (χ1) is 10.9. The van der Waals surface area contributed by atoms with Crippen LogP contribution in [0.1, 0.15) is 29.4 Å². The maximum absolute atomic E-state index is 12.7. The smallest absolute Gasteiger partial charge is 0.311 e. The fraction of sp³-hybridized carbons (Fsp3) is 0.353. The van der Waals surface area contributed by atoms with Crippen molar-refractivity contribution in [2.45, 2.75) is 20.3 Å². The molecular weight excluding hydrogens is 294 g/mol. The lowest BCUT2D eigenvalue weighted by Crippen LogP contribution is -2.35. The van der Waals surface area contributed by atoms with Gasteiger partial charge in [-0.3, -0.25) is 9.59 Å². The van der Waals surface area contributed by atoms with Crippen molar-refractivity contribution in [2.75, 3.05) is 13.1 Å². The predicted molar refractivity (Wildman–Crippen MR) is 84.6 cm³/mol. The topological polar surface area (TPSA) is 75.4 Å². The summed E-state index contributed by atoms with van der Waals surface area (Å²) >= 11 is 0. The average Bonchev–Trinajstić information content (AvgIpc) is 3.12. The molecule has 1 amide bonds. The van der Waals surface area contributed by atoms with Crippen LogP contribution in [0.3, 0.4) is 0 Å². The van der Waals surface area contributed by atoms with Crippen LogP contribution in [-0.4, -0.2) is 44.8 Å². The summed E-state index contributed by atoms with van der Waals surface area (Å²) in [5, 5.41) is 13.7. The third kappa shape index (κ3) is 2.72. The van der Waals surface area contributed by atoms with Crippen molar-refractivity contribution in [1.82, 2.24) is 14.7 Å². The Labute approximate surface area is 134 Å². The van der Waals surface area contributed by atoms with Crippen molar-refractivity contribution in [3.05, 3.63) is 47.8 Å². The van der Waals surface area contributed by atoms with E-state index >= 15 is 0 Å². The Bertz CT molecular complexity index is 754. The van der Waals surface area contributed by atoms with E-state index in [1.165, 1.54) is 0 Å². The molecule has 1 aliphatic heterocycles. The number of carbonyl (C=O) groups excluding carboxylic acids is 1. The van der Waals surface area contributed by atoms with E-state index in [-0.39, 0.29) is 12.5 Å². The highest BCUT2D eigenvalue weighted by molar-refractivity contribution is 5.96. The van der Waals surface area contributed by atoms with Gasteiger partial charge in [0.05, 0.1) is 22.4 Å². The molecule has 1 aromatic heterocycles. The Morgan fingerprint density at radius 3 is 2.57 bits per heavy atom. The van der Waals surface area contributed by atoms with Crippen LogP contribution < -0.4 is 0 Å². The van der Waals surface area contributed by atoms with Crippen molar-refractivity contribution < 1.29 is 14.7 Å². The number of aryl methyl sites for hydroxylation is 1. The predicted octanol–water partition coefficient (Wildman–Crippen LogP) is 2.12. The number of hydrogen-bond donors (Lipinski definition) is 1. The van der Waals surface area contributed by atoms with E-state index in [1.54, 1.807) is 29.6 Å². The number of carboxylic acids is 1. The zero-order valence-corrected chi connectivity index (χ0v) is 13.2. The van der Waals surface area contributed by atoms with Gasteiger partial charge >= 0.3 is 5.97 Å². The number of aliphatic carboxylic acids is 1. The minimum absolute atomic E-state index is 0.158. The molecule has 1 aromatic carbocycles. The maximum atomic E-state index is 12.7. The Kier molecular flexibility index (Phi) is 3.67. The van der Waals surface area contributed by atoms with Crippen molar-refractivity contribution in [2.24, 2.45) is 5.41 Å². The molecule has 23 heavy (non-hydrogen) atoms. The second kappa shape index (κ2) is 5.53. The summed E-state index contributed by atoms with van der Waals surface area (Å²) < 4.78 is 1.68. The summed E-state index contributed by atoms with van der Waals surface area (Å²) in [5.41, 5.74) is 1.18. The van der Waals surface area contributed by atoms with E-state index in [4.69, 9.17) is 0 Å². The molecule has 6 heteroatoms. The molecule has 1 atom stereocenters. The van der Waals surface area contributed by atoms with Crippen molar-refractivity contribution in [3.8, 4) is 5.69 Å². The fourth-order valence-corrected chi connectivity index (χ4v) is 2.86. The van der Waals surface area contributed by atoms with Gasteiger partial charge < -0.3 is 10.0 Å². The third-order valence-corrected chi connectivity index (χ3v) is 4.43. The molecule has 1 aliphatic rings. The largest absolute Gasteiger partial charge is 0.481 e. The number of aromatic nitrogens is 2. The molecule has 0 bridgehead atoms. The van der Waals surface area contributed by atoms with E-state index in [0.29, 0.717) is 24.2 Å². The first-order valence-electron chi connectivity index (χ1n) is 7.55. The molecule has 0 radical (unpaired) electrons. The maximum Gasteiger partial charge on any atom is 0.311 e. The first kappa shape index (κ1) is 15.3. The molecule has 120 valence electrons. The average molecular weight is 313 g/mol. The monoisotopic (exact) mass is 313 g/mol. The highest BCUT2D eigenvalue weighted by atomic mass is 16.4. The molecule has 1 N–H and O–H groups in total. The van der Waals surface area contributed by atoms with Gasteiger partial charge in [0.2, 0.25) is 0 Å². The van der Waals surface area contributed by atoms with Crippen molar-refractivity contribution >= 4 is 11.9 Å². The van der Waals surface area contributed by atoms with Gasteiger partial charge in [-0.15, -0.1) is 0 Å². The fourth-order valence-electron chi connectivity index (χ4n) is 2.86. The Morgan fingerprint density at radius 1 is 1.26 bits per heavy atom. The molecule has 1 fully saturated rings. The first-order valence-corrected chi connectivity index (χ1v) is 7.55. The summed E-state index contributed by atoms with van der Waals surface area (Å²) in [5.74, 6) is -1.01. The molecule has 6 nitrogen and oxygen atoms in total. The van der Waals surface area contributed by atoms with E-state index in [2.05, 4.69) is 5.10 Å². The number of amides is 1. The quantitative estimate of drug-likeness (QED) is 0.942. The number of nitrogens with zero attached hydrogens (tertiary/aromatic N) is 3. The Balaban J connectivity index is 1.84. The van der Waals surface area contributed by atoms with E-state index in [0.717, 1.165) is 5.69 Å². The van der Waals surface area contributed by atoms with Crippen molar-refractivity contribution in [1.29, 1.82) is 0 Å². The molecule has 3 rings (SSSR count). The number of rotatable bonds is 3. The Hall–Kier alpha value is -2.63. The SMILES string of the molecule is Cc1nn(-c2ccccc2)cc1C(=O)N1CCC(C)(C(=O)O)C1. The molecule has 1 saturated heterocycles. The van der Waals surface area contributed by atoms with E-state index in [9.17, 15) is 14.7 Å². The number of benzene rings is 1. The summed E-state index contributed by atoms with van der Waals surface area (Å²) in [6, 6.07) is 9.57. The minimum atomic E-state index is -0.862. The normalized spacial score (nSPS) is 20.7. The molecule has 0 saturated carbocycles. The standard InChI is InChI=1S/C17H19N3O3/c1-12-14(10-20(18-12)13-6-4-3-5-7-13)15(21)19-9-8-17(2,11-19)16(22)23/h3-7,10H,8-9,11H2,1-2H3,(H,22,23). The molecule has 1 unspecified atom stereocenters. The molecule has 2 aromatic rings. The van der Waals surface area contributed by atoms with Crippen LogP contribution in [0.5, 0.6) is 0 Å². The van der Waals surface area contributed by atoms with Gasteiger partial charge in [-0.1, -0.05) is 18.2 Å². The zero-order valence-electron chi connectivity index (χ0n) is 13.2. The van der Waals surface area contributed by atoms with Gasteiger partial charge in [0.25, 0.3) is 5.91 Å². The third-order valence-electron chi connectivity index (χ3n) is 4.43. The van der Waals surface area contributed by atoms with Crippen LogP contribution >= 0.6 is 0 Å². The lowest BCUT2D eigenvalue weighted by atomic mass is 9.90. The molecule has 0 aliphatic carbocycles. The number of likely N-dealkylation sites (tertiary alicyclic amines) is 1. The van der Waals surface area contributed by atoms with Gasteiger partial charge in [0, 0.05) is 19.3 Å². The van der Waals surface area contributed by atoms with Crippen LogP contribution in [0.15, 0.2) is 36.5 Å². The van der Waals surface area contributed by atoms with Crippen LogP contribution in [0, 0.1) is 12.3 Å². The van der Waals surface area contributed by atoms with Crippen LogP contribution in [0.4, 0.5) is 0 Å². The van der Waals surface area contributed by atoms with E-state index < -0.39 is 11.4 Å². The van der Waals surface area contributed by atoms with Crippen LogP contribution in [0.25, 0.3) is 5.69 Å². The van der Waals surface area contributed by atoms with Gasteiger partial charge in [0.15, 0.2) is 0 Å². The van der Waals surface area contributed by atoms with Crippen LogP contribution in [0.2, 0.25) is 0 Å². The van der Waals surface area contributed by atoms with Crippen LogP contribution in [-0.2, 0) is 4.79 Å². The summed E-state index contributed by atoms with van der Waals surface area (Å²) in [6.07, 6.45) is 2.18. The summed E-state index contributed by atoms with van der Waals surface area (Å²) in [6.45, 7) is 4.16. The number of para-hydroxylation sites is 1. The minimum Gasteiger partial charge on any atom is -0.481 e. The second-order valence-electron chi connectivity index (χ2n) is 6.25. The number of hydrogen-bond acceptors (Lipinski definition) is 3. The lowest BCUT2D eigenvalue weighted by molar-refractivity contribution is -0.147. The van der Waals surface area contributed by atoms with Gasteiger partial charge in [-0.2, -0.15) is 5.10 Å². The molecule has 0 spiro atoms. The zero-order chi connectivity index (χ0) is 16.6. The second-order valence-corrected chi connectivity index (χ2v) is 6.25. The highest BCUT2D eigenvalue weighted by Gasteiger charge is 2.42. The van der Waals surface area contributed by atoms with E-state index in [1.807, 2.05) is 30.3 Å². The van der Waals surface area contributed by atoms with Crippen molar-refractivity contribution in [3.63, 3.8) is 0 Å². The van der Waals surface area contributed by atoms with Gasteiger partial charge in [0.1, 0.15) is 0 Å². The van der Waals surface area contributed by atoms with Gasteiger partial charge in [-0.05, 0) is 32.4 Å². The number of carboxylic acid groups (broad SMARTS) is 1. The number of carbonyl (C=O) groups is 2. The Morgan fingerprint density at radius 2 is 1.96 bits per heavy atom.